The third-order valence-electron chi connectivity index (χ3n) is 0.457. The molecule has 0 radical (unpaired) electrons. The van der Waals surface area contributed by atoms with Crippen LogP contribution in [0, 0.1) is 20.2 Å². The molecule has 0 fully saturated rings. The number of nitrogens with two attached hydrogens (primary N) is 2. The molecule has 4 N–H and O–H groups in total. The van der Waals surface area contributed by atoms with E-state index < -0.39 is 21.7 Å². The van der Waals surface area contributed by atoms with Gasteiger partial charge in [0.1, 0.15) is 0 Å². The van der Waals surface area contributed by atoms with E-state index in [0.29, 0.717) is 0 Å². The predicted molar refractivity (Wildman–Crippen MR) is 28.2 cm³/mol. The maximum absolute atomic E-state index is 9.85. The van der Waals surface area contributed by atoms with Crippen LogP contribution in [0.1, 0.15) is 0 Å². The second kappa shape index (κ2) is 2.09. The SMILES string of the molecule is [NH2][Pt]([NH2])([Cl])([N+](=O)[O-])[N+](=O)[O-]. The zero-order valence-corrected chi connectivity index (χ0v) is 7.40. The first-order valence-corrected chi connectivity index (χ1v) is 8.97. The van der Waals surface area contributed by atoms with Crippen LogP contribution in [-0.4, -0.2) is 6.96 Å². The van der Waals surface area contributed by atoms with E-state index in [9.17, 15) is 20.2 Å². The summed E-state index contributed by atoms with van der Waals surface area (Å²) in [5.41, 5.74) is 0. The summed E-state index contributed by atoms with van der Waals surface area (Å²) in [6, 6.07) is 0. The van der Waals surface area contributed by atoms with Gasteiger partial charge in [0.25, 0.3) is 0 Å². The molecule has 0 unspecified atom stereocenters. The van der Waals surface area contributed by atoms with E-state index in [-0.39, 0.29) is 0 Å². The summed E-state index contributed by atoms with van der Waals surface area (Å²) in [6.07, 6.45) is 0. The van der Waals surface area contributed by atoms with Gasteiger partial charge in [-0.15, -0.1) is 0 Å². The van der Waals surface area contributed by atoms with Crippen LogP contribution in [0.15, 0.2) is 0 Å². The Balaban J connectivity index is 4.97. The van der Waals surface area contributed by atoms with Gasteiger partial charge in [0.05, 0.1) is 0 Å². The Hall–Kier alpha value is -0.302. The fraction of sp³-hybridized carbons (Fsp3) is 0. The van der Waals surface area contributed by atoms with Crippen molar-refractivity contribution in [2.45, 2.75) is 0 Å². The average Bonchev–Trinajstić information content (AvgIpc) is 1.63. The molecule has 65 valence electrons. The maximum atomic E-state index is 9.85. The van der Waals surface area contributed by atoms with Crippen LogP contribution in [-0.2, 0) is 14.8 Å². The fourth-order valence-corrected chi connectivity index (χ4v) is 0.345. The van der Waals surface area contributed by atoms with Crippen LogP contribution < -0.4 is 8.58 Å². The van der Waals surface area contributed by atoms with E-state index in [2.05, 4.69) is 8.58 Å². The van der Waals surface area contributed by atoms with Gasteiger partial charge in [0.2, 0.25) is 0 Å². The molecule has 0 aromatic rings. The summed E-state index contributed by atoms with van der Waals surface area (Å²) < 4.78 is 6.33. The molecule has 0 rings (SSSR count). The number of halogens is 1. The molecule has 0 bridgehead atoms. The Kier molecular flexibility index (Phi) is 2.03. The first-order valence-electron chi connectivity index (χ1n) is 1.50. The second-order valence-electron chi connectivity index (χ2n) is 1.12. The first kappa shape index (κ1) is 9.70. The van der Waals surface area contributed by atoms with Gasteiger partial charge in [-0.2, -0.15) is 0 Å². The molecule has 0 aliphatic carbocycles. The van der Waals surface area contributed by atoms with E-state index in [0.717, 1.165) is 0 Å². The molecule has 0 spiro atoms. The quantitative estimate of drug-likeness (QED) is 0.480. The first-order chi connectivity index (χ1) is 4.17. The molecule has 8 nitrogen and oxygen atoms in total. The van der Waals surface area contributed by atoms with E-state index in [4.69, 9.17) is 9.42 Å². The molecule has 0 atom stereocenters. The van der Waals surface area contributed by atoms with Crippen LogP contribution in [0.5, 0.6) is 0 Å². The third kappa shape index (κ3) is 1.40. The van der Waals surface area contributed by atoms with Crippen molar-refractivity contribution in [2.75, 3.05) is 0 Å². The standard InChI is InChI=1S/ClH.2NO2.2H2N.Pt/c;2*2-1-3;;;/h1H;;;2*1H2;/q;;;2*-1;+3/p-1. The van der Waals surface area contributed by atoms with Gasteiger partial charge in [-0.05, 0) is 0 Å². The molecule has 0 aliphatic heterocycles. The van der Waals surface area contributed by atoms with Gasteiger partial charge < -0.3 is 0 Å². The molecule has 0 saturated carbocycles. The van der Waals surface area contributed by atoms with Gasteiger partial charge in [-0.3, -0.25) is 0 Å². The van der Waals surface area contributed by atoms with Crippen LogP contribution >= 0.6 is 9.42 Å². The molecule has 0 heterocycles. The van der Waals surface area contributed by atoms with Gasteiger partial charge in [-0.1, -0.05) is 0 Å². The zero-order valence-electron chi connectivity index (χ0n) is 4.38. The van der Waals surface area contributed by atoms with Crippen LogP contribution in [0.2, 0.25) is 0 Å². The monoisotopic (exact) mass is 354 g/mol. The molecule has 0 aliphatic rings. The molecule has 10 heavy (non-hydrogen) atoms. The summed E-state index contributed by atoms with van der Waals surface area (Å²) >= 11 is -6.00. The van der Waals surface area contributed by atoms with E-state index >= 15 is 0 Å². The summed E-state index contributed by atoms with van der Waals surface area (Å²) in [4.78, 5) is 19.7. The second-order valence-corrected chi connectivity index (χ2v) is 12.1. The van der Waals surface area contributed by atoms with Crippen LogP contribution in [0.4, 0.5) is 0 Å². The van der Waals surface area contributed by atoms with E-state index in [1.165, 1.54) is 0 Å². The van der Waals surface area contributed by atoms with Crippen molar-refractivity contribution in [1.29, 1.82) is 0 Å². The van der Waals surface area contributed by atoms with Gasteiger partial charge in [0.15, 0.2) is 0 Å². The van der Waals surface area contributed by atoms with Crippen LogP contribution in [0.25, 0.3) is 0 Å². The predicted octanol–water partition coefficient (Wildman–Crippen LogP) is -1.04. The average molecular weight is 355 g/mol. The van der Waals surface area contributed by atoms with Gasteiger partial charge in [0, 0.05) is 0 Å². The van der Waals surface area contributed by atoms with E-state index in [1.54, 1.807) is 0 Å². The molecule has 10 heteroatoms. The molecule has 0 saturated heterocycles. The number of nitro groups is 2. The molecule has 0 aromatic heterocycles. The number of rotatable bonds is 2. The molecular weight excluding hydrogens is 351 g/mol. The van der Waals surface area contributed by atoms with Crippen molar-refractivity contribution < 1.29 is 21.7 Å². The van der Waals surface area contributed by atoms with Gasteiger partial charge >= 0.3 is 60.0 Å². The molecular formula is H4ClN4O4Pt. The summed E-state index contributed by atoms with van der Waals surface area (Å²) in [5, 5.41) is 19.7. The van der Waals surface area contributed by atoms with E-state index in [1.807, 2.05) is 0 Å². The van der Waals surface area contributed by atoms with Crippen molar-refractivity contribution in [3.05, 3.63) is 20.2 Å². The van der Waals surface area contributed by atoms with Crippen molar-refractivity contribution in [2.24, 2.45) is 8.58 Å². The normalized spacial score (nSPS) is 15.3. The molecule has 0 aromatic carbocycles. The van der Waals surface area contributed by atoms with Crippen molar-refractivity contribution in [3.63, 3.8) is 0 Å². The Bertz CT molecular complexity index is 173. The topological polar surface area (TPSA) is 138 Å². The summed E-state index contributed by atoms with van der Waals surface area (Å²) in [5.74, 6) is 0. The van der Waals surface area contributed by atoms with Crippen molar-refractivity contribution in [3.8, 4) is 0 Å². The van der Waals surface area contributed by atoms with Crippen molar-refractivity contribution >= 4 is 9.42 Å². The Morgan fingerprint density at radius 2 is 1.40 bits per heavy atom. The van der Waals surface area contributed by atoms with Crippen LogP contribution in [0.3, 0.4) is 0 Å². The minimum absolute atomic E-state index is 1.41. The number of hydrogen-bond donors (Lipinski definition) is 2. The Morgan fingerprint density at radius 1 is 1.20 bits per heavy atom. The van der Waals surface area contributed by atoms with Gasteiger partial charge in [-0.25, -0.2) is 0 Å². The summed E-state index contributed by atoms with van der Waals surface area (Å²) in [6.45, 7) is 0. The molecule has 0 amide bonds. The fourth-order valence-electron chi connectivity index (χ4n) is 0.0422. The minimum atomic E-state index is -6.00. The Morgan fingerprint density at radius 3 is 1.40 bits per heavy atom. The zero-order chi connectivity index (χ0) is 8.60. The number of hydrogen-bond acceptors (Lipinski definition) is 6. The van der Waals surface area contributed by atoms with Crippen molar-refractivity contribution in [1.82, 2.24) is 0 Å². The number of nitrogens with zero attached hydrogens (tertiary/aromatic N) is 2. The Labute approximate surface area is 60.4 Å². The summed E-state index contributed by atoms with van der Waals surface area (Å²) in [7, 11) is 4.80. The third-order valence-corrected chi connectivity index (χ3v) is 5.17.